The SMILES string of the molecule is N#CC(C(=O)NCc1ccccc1)C1NCCN1Cc1ccc(Cl)nc1. The van der Waals surface area contributed by atoms with Crippen LogP contribution in [-0.4, -0.2) is 35.0 Å². The molecule has 3 rings (SSSR count). The Labute approximate surface area is 157 Å². The predicted octanol–water partition coefficient (Wildman–Crippen LogP) is 1.92. The van der Waals surface area contributed by atoms with Gasteiger partial charge in [0.15, 0.2) is 5.92 Å². The molecular weight excluding hydrogens is 350 g/mol. The van der Waals surface area contributed by atoms with Crippen molar-refractivity contribution in [3.05, 3.63) is 64.9 Å². The van der Waals surface area contributed by atoms with Gasteiger partial charge in [-0.3, -0.25) is 15.0 Å². The van der Waals surface area contributed by atoms with Crippen LogP contribution < -0.4 is 10.6 Å². The number of pyridine rings is 1. The second-order valence-corrected chi connectivity index (χ2v) is 6.56. The van der Waals surface area contributed by atoms with Crippen LogP contribution in [0.25, 0.3) is 0 Å². The number of halogens is 1. The van der Waals surface area contributed by atoms with Crippen molar-refractivity contribution in [3.8, 4) is 6.07 Å². The Morgan fingerprint density at radius 1 is 1.35 bits per heavy atom. The fourth-order valence-corrected chi connectivity index (χ4v) is 3.14. The molecular formula is C19H20ClN5O. The number of nitrogens with zero attached hydrogens (tertiary/aromatic N) is 3. The molecule has 2 N–H and O–H groups in total. The topological polar surface area (TPSA) is 81.0 Å². The lowest BCUT2D eigenvalue weighted by Gasteiger charge is -2.27. The first-order valence-electron chi connectivity index (χ1n) is 8.46. The molecule has 1 aliphatic rings. The van der Waals surface area contributed by atoms with Crippen LogP contribution in [0.5, 0.6) is 0 Å². The molecule has 2 heterocycles. The van der Waals surface area contributed by atoms with Crippen LogP contribution in [-0.2, 0) is 17.9 Å². The Hall–Kier alpha value is -2.46. The van der Waals surface area contributed by atoms with E-state index in [1.807, 2.05) is 36.4 Å². The van der Waals surface area contributed by atoms with E-state index in [1.54, 1.807) is 12.3 Å². The zero-order valence-electron chi connectivity index (χ0n) is 14.2. The first kappa shape index (κ1) is 18.3. The Morgan fingerprint density at radius 2 is 2.15 bits per heavy atom. The van der Waals surface area contributed by atoms with Gasteiger partial charge in [-0.15, -0.1) is 0 Å². The summed E-state index contributed by atoms with van der Waals surface area (Å²) in [6.07, 6.45) is 1.39. The van der Waals surface area contributed by atoms with E-state index >= 15 is 0 Å². The quantitative estimate of drug-likeness (QED) is 0.760. The van der Waals surface area contributed by atoms with Gasteiger partial charge in [-0.05, 0) is 17.2 Å². The molecule has 0 saturated carbocycles. The standard InChI is InChI=1S/C19H20ClN5O/c20-17-7-6-15(12-23-17)13-25-9-8-22-18(25)16(10-21)19(26)24-11-14-4-2-1-3-5-14/h1-7,12,16,18,22H,8-9,11,13H2,(H,24,26). The number of rotatable bonds is 6. The molecule has 1 aromatic carbocycles. The maximum absolute atomic E-state index is 12.5. The molecule has 2 atom stereocenters. The van der Waals surface area contributed by atoms with Gasteiger partial charge in [0, 0.05) is 32.4 Å². The van der Waals surface area contributed by atoms with Gasteiger partial charge in [0.2, 0.25) is 5.91 Å². The van der Waals surface area contributed by atoms with Crippen LogP contribution in [0.4, 0.5) is 0 Å². The van der Waals surface area contributed by atoms with Gasteiger partial charge in [0.05, 0.1) is 12.2 Å². The summed E-state index contributed by atoms with van der Waals surface area (Å²) in [5.74, 6) is -1.06. The van der Waals surface area contributed by atoms with Gasteiger partial charge in [-0.1, -0.05) is 48.0 Å². The van der Waals surface area contributed by atoms with Crippen LogP contribution in [0.3, 0.4) is 0 Å². The molecule has 7 heteroatoms. The minimum Gasteiger partial charge on any atom is -0.351 e. The third-order valence-electron chi connectivity index (χ3n) is 4.37. The van der Waals surface area contributed by atoms with Crippen molar-refractivity contribution in [2.45, 2.75) is 19.3 Å². The fourth-order valence-electron chi connectivity index (χ4n) is 3.03. The van der Waals surface area contributed by atoms with Crippen molar-refractivity contribution >= 4 is 17.5 Å². The van der Waals surface area contributed by atoms with Crippen molar-refractivity contribution in [2.75, 3.05) is 13.1 Å². The molecule has 134 valence electrons. The average molecular weight is 370 g/mol. The van der Waals surface area contributed by atoms with Crippen molar-refractivity contribution < 1.29 is 4.79 Å². The van der Waals surface area contributed by atoms with Crippen LogP contribution in [0.1, 0.15) is 11.1 Å². The number of carbonyl (C=O) groups is 1. The fraction of sp³-hybridized carbons (Fsp3) is 0.316. The minimum atomic E-state index is -0.790. The average Bonchev–Trinajstić information content (AvgIpc) is 3.11. The Kier molecular flexibility index (Phi) is 6.18. The number of amides is 1. The Bertz CT molecular complexity index is 775. The summed E-state index contributed by atoms with van der Waals surface area (Å²) in [6.45, 7) is 2.50. The third kappa shape index (κ3) is 4.58. The molecule has 1 amide bonds. The summed E-state index contributed by atoms with van der Waals surface area (Å²) >= 11 is 5.82. The summed E-state index contributed by atoms with van der Waals surface area (Å²) in [5.41, 5.74) is 1.99. The maximum atomic E-state index is 12.5. The van der Waals surface area contributed by atoms with Gasteiger partial charge < -0.3 is 5.32 Å². The largest absolute Gasteiger partial charge is 0.351 e. The summed E-state index contributed by atoms with van der Waals surface area (Å²) < 4.78 is 0. The second kappa shape index (κ2) is 8.77. The van der Waals surface area contributed by atoms with E-state index < -0.39 is 5.92 Å². The van der Waals surface area contributed by atoms with Crippen molar-refractivity contribution in [3.63, 3.8) is 0 Å². The van der Waals surface area contributed by atoms with Gasteiger partial charge in [-0.2, -0.15) is 5.26 Å². The number of benzene rings is 1. The minimum absolute atomic E-state index is 0.269. The highest BCUT2D eigenvalue weighted by Crippen LogP contribution is 2.17. The smallest absolute Gasteiger partial charge is 0.240 e. The van der Waals surface area contributed by atoms with Crippen LogP contribution in [0, 0.1) is 17.2 Å². The van der Waals surface area contributed by atoms with E-state index in [0.29, 0.717) is 18.2 Å². The monoisotopic (exact) mass is 369 g/mol. The van der Waals surface area contributed by atoms with Crippen LogP contribution >= 0.6 is 11.6 Å². The third-order valence-corrected chi connectivity index (χ3v) is 4.59. The maximum Gasteiger partial charge on any atom is 0.240 e. The van der Waals surface area contributed by atoms with Gasteiger partial charge in [0.1, 0.15) is 5.15 Å². The highest BCUT2D eigenvalue weighted by Gasteiger charge is 2.35. The predicted molar refractivity (Wildman–Crippen MR) is 98.8 cm³/mol. The zero-order valence-corrected chi connectivity index (χ0v) is 15.0. The van der Waals surface area contributed by atoms with E-state index in [1.165, 1.54) is 0 Å². The van der Waals surface area contributed by atoms with E-state index in [0.717, 1.165) is 24.2 Å². The van der Waals surface area contributed by atoms with E-state index in [2.05, 4.69) is 26.6 Å². The molecule has 1 fully saturated rings. The lowest BCUT2D eigenvalue weighted by Crippen LogP contribution is -2.47. The molecule has 0 radical (unpaired) electrons. The highest BCUT2D eigenvalue weighted by molar-refractivity contribution is 6.29. The molecule has 1 saturated heterocycles. The summed E-state index contributed by atoms with van der Waals surface area (Å²) in [5, 5.41) is 16.1. The summed E-state index contributed by atoms with van der Waals surface area (Å²) in [7, 11) is 0. The molecule has 0 spiro atoms. The van der Waals surface area contributed by atoms with E-state index in [-0.39, 0.29) is 12.1 Å². The number of nitriles is 1. The Balaban J connectivity index is 1.63. The molecule has 0 aliphatic carbocycles. The number of hydrogen-bond donors (Lipinski definition) is 2. The van der Waals surface area contributed by atoms with Crippen molar-refractivity contribution in [2.24, 2.45) is 5.92 Å². The second-order valence-electron chi connectivity index (χ2n) is 6.17. The van der Waals surface area contributed by atoms with Crippen molar-refractivity contribution in [1.82, 2.24) is 20.5 Å². The molecule has 0 bridgehead atoms. The molecule has 2 aromatic rings. The number of hydrogen-bond acceptors (Lipinski definition) is 5. The number of aromatic nitrogens is 1. The summed E-state index contributed by atoms with van der Waals surface area (Å²) in [6, 6.07) is 15.4. The van der Waals surface area contributed by atoms with Gasteiger partial charge >= 0.3 is 0 Å². The lowest BCUT2D eigenvalue weighted by molar-refractivity contribution is -0.125. The zero-order chi connectivity index (χ0) is 18.4. The Morgan fingerprint density at radius 3 is 2.85 bits per heavy atom. The first-order chi connectivity index (χ1) is 12.7. The summed E-state index contributed by atoms with van der Waals surface area (Å²) in [4.78, 5) is 18.7. The molecule has 2 unspecified atom stereocenters. The molecule has 1 aliphatic heterocycles. The van der Waals surface area contributed by atoms with Crippen LogP contribution in [0.15, 0.2) is 48.7 Å². The molecule has 26 heavy (non-hydrogen) atoms. The van der Waals surface area contributed by atoms with Crippen LogP contribution in [0.2, 0.25) is 5.15 Å². The number of nitrogens with one attached hydrogen (secondary N) is 2. The molecule has 1 aromatic heterocycles. The number of carbonyl (C=O) groups excluding carboxylic acids is 1. The van der Waals surface area contributed by atoms with Crippen molar-refractivity contribution in [1.29, 1.82) is 5.26 Å². The lowest BCUT2D eigenvalue weighted by atomic mass is 10.1. The van der Waals surface area contributed by atoms with E-state index in [9.17, 15) is 10.1 Å². The highest BCUT2D eigenvalue weighted by atomic mass is 35.5. The molecule has 6 nitrogen and oxygen atoms in total. The normalized spacial score (nSPS) is 18.2. The first-order valence-corrected chi connectivity index (χ1v) is 8.84. The van der Waals surface area contributed by atoms with E-state index in [4.69, 9.17) is 11.6 Å². The van der Waals surface area contributed by atoms with Gasteiger partial charge in [0.25, 0.3) is 0 Å². The van der Waals surface area contributed by atoms with Gasteiger partial charge in [-0.25, -0.2) is 4.98 Å².